The summed E-state index contributed by atoms with van der Waals surface area (Å²) in [6.45, 7) is 3.39. The van der Waals surface area contributed by atoms with Crippen molar-refractivity contribution in [2.45, 2.75) is 25.7 Å². The fraction of sp³-hybridized carbons (Fsp3) is 0.571. The summed E-state index contributed by atoms with van der Waals surface area (Å²) in [5.41, 5.74) is 0.945. The molecule has 0 aliphatic heterocycles. The Kier molecular flexibility index (Phi) is 8.50. The van der Waals surface area contributed by atoms with E-state index in [9.17, 15) is 5.11 Å². The molecule has 3 nitrogen and oxygen atoms in total. The summed E-state index contributed by atoms with van der Waals surface area (Å²) in [5.74, 6) is 1.03. The van der Waals surface area contributed by atoms with Gasteiger partial charge in [-0.25, -0.2) is 0 Å². The van der Waals surface area contributed by atoms with Crippen LogP contribution in [-0.4, -0.2) is 42.4 Å². The number of hydrogen-bond acceptors (Lipinski definition) is 4. The first-order valence-corrected chi connectivity index (χ1v) is 8.12. The van der Waals surface area contributed by atoms with Crippen molar-refractivity contribution in [1.29, 1.82) is 0 Å². The Morgan fingerprint density at radius 1 is 1.42 bits per heavy atom. The van der Waals surface area contributed by atoms with Gasteiger partial charge in [0.1, 0.15) is 0 Å². The lowest BCUT2D eigenvalue weighted by atomic mass is 10.2. The minimum atomic E-state index is -0.494. The third-order valence-corrected chi connectivity index (χ3v) is 3.85. The van der Waals surface area contributed by atoms with E-state index in [0.29, 0.717) is 30.8 Å². The lowest BCUT2D eigenvalue weighted by molar-refractivity contribution is 0.0281. The maximum atomic E-state index is 9.79. The average Bonchev–Trinajstić information content (AvgIpc) is 2.39. The summed E-state index contributed by atoms with van der Waals surface area (Å²) in [7, 11) is 0. The Hall–Kier alpha value is -0.260. The van der Waals surface area contributed by atoms with Crippen LogP contribution in [0.4, 0.5) is 0 Å². The van der Waals surface area contributed by atoms with Crippen molar-refractivity contribution in [3.63, 3.8) is 0 Å². The van der Waals surface area contributed by atoms with Crippen molar-refractivity contribution in [3.05, 3.63) is 34.9 Å². The predicted octanol–water partition coefficient (Wildman–Crippen LogP) is 2.56. The standard InChI is InChI=1S/C14H22ClNO2S/c1-11(10-19-2)16-7-13(17)9-18-8-12-5-3-4-6-14(12)15/h3-6,11,13,16-17H,7-10H2,1-2H3. The summed E-state index contributed by atoms with van der Waals surface area (Å²) in [6.07, 6.45) is 1.58. The van der Waals surface area contributed by atoms with Gasteiger partial charge in [0.25, 0.3) is 0 Å². The molecule has 0 spiro atoms. The van der Waals surface area contributed by atoms with Gasteiger partial charge >= 0.3 is 0 Å². The van der Waals surface area contributed by atoms with Crippen LogP contribution >= 0.6 is 23.4 Å². The number of thioether (sulfide) groups is 1. The van der Waals surface area contributed by atoms with E-state index in [1.54, 1.807) is 11.8 Å². The van der Waals surface area contributed by atoms with E-state index in [-0.39, 0.29) is 0 Å². The number of nitrogens with one attached hydrogen (secondary N) is 1. The van der Waals surface area contributed by atoms with Crippen LogP contribution in [0.15, 0.2) is 24.3 Å². The summed E-state index contributed by atoms with van der Waals surface area (Å²) in [6, 6.07) is 7.97. The van der Waals surface area contributed by atoms with E-state index < -0.39 is 6.10 Å². The smallest absolute Gasteiger partial charge is 0.0897 e. The molecule has 0 aromatic heterocycles. The SMILES string of the molecule is CSCC(C)NCC(O)COCc1ccccc1Cl. The van der Waals surface area contributed by atoms with E-state index in [1.165, 1.54) is 0 Å². The zero-order valence-corrected chi connectivity index (χ0v) is 13.0. The molecule has 108 valence electrons. The molecule has 2 unspecified atom stereocenters. The number of aliphatic hydroxyl groups is 1. The molecule has 0 amide bonds. The zero-order valence-electron chi connectivity index (χ0n) is 11.4. The van der Waals surface area contributed by atoms with Crippen molar-refractivity contribution >= 4 is 23.4 Å². The molecule has 1 aromatic carbocycles. The van der Waals surface area contributed by atoms with Crippen molar-refractivity contribution in [2.24, 2.45) is 0 Å². The van der Waals surface area contributed by atoms with Gasteiger partial charge in [-0.3, -0.25) is 0 Å². The van der Waals surface area contributed by atoms with Gasteiger partial charge in [0.2, 0.25) is 0 Å². The van der Waals surface area contributed by atoms with Crippen molar-refractivity contribution in [3.8, 4) is 0 Å². The van der Waals surface area contributed by atoms with Gasteiger partial charge in [0.05, 0.1) is 19.3 Å². The molecule has 5 heteroatoms. The van der Waals surface area contributed by atoms with Crippen molar-refractivity contribution < 1.29 is 9.84 Å². The lowest BCUT2D eigenvalue weighted by Crippen LogP contribution is -2.37. The zero-order chi connectivity index (χ0) is 14.1. The first kappa shape index (κ1) is 16.8. The highest BCUT2D eigenvalue weighted by atomic mass is 35.5. The number of rotatable bonds is 9. The summed E-state index contributed by atoms with van der Waals surface area (Å²) in [5, 5.41) is 13.8. The Balaban J connectivity index is 2.17. The highest BCUT2D eigenvalue weighted by Gasteiger charge is 2.07. The topological polar surface area (TPSA) is 41.5 Å². The molecule has 0 fully saturated rings. The molecule has 2 N–H and O–H groups in total. The van der Waals surface area contributed by atoms with Crippen LogP contribution in [-0.2, 0) is 11.3 Å². The summed E-state index contributed by atoms with van der Waals surface area (Å²) in [4.78, 5) is 0. The van der Waals surface area contributed by atoms with Crippen LogP contribution in [0.3, 0.4) is 0 Å². The fourth-order valence-corrected chi connectivity index (χ4v) is 2.43. The first-order valence-electron chi connectivity index (χ1n) is 6.35. The molecule has 1 aromatic rings. The summed E-state index contributed by atoms with van der Waals surface area (Å²) < 4.78 is 5.47. The number of benzene rings is 1. The third kappa shape index (κ3) is 7.18. The normalized spacial score (nSPS) is 14.3. The van der Waals surface area contributed by atoms with Gasteiger partial charge in [0, 0.05) is 23.4 Å². The molecular weight excluding hydrogens is 282 g/mol. The van der Waals surface area contributed by atoms with Crippen LogP contribution in [0, 0.1) is 0 Å². The van der Waals surface area contributed by atoms with Gasteiger partial charge in [-0.1, -0.05) is 29.8 Å². The van der Waals surface area contributed by atoms with Gasteiger partial charge < -0.3 is 15.2 Å². The Bertz CT molecular complexity index is 365. The van der Waals surface area contributed by atoms with E-state index in [2.05, 4.69) is 18.5 Å². The molecule has 0 bridgehead atoms. The molecule has 0 aliphatic rings. The Morgan fingerprint density at radius 3 is 2.84 bits per heavy atom. The second-order valence-electron chi connectivity index (χ2n) is 4.52. The summed E-state index contributed by atoms with van der Waals surface area (Å²) >= 11 is 7.81. The van der Waals surface area contributed by atoms with Crippen LogP contribution in [0.5, 0.6) is 0 Å². The molecular formula is C14H22ClNO2S. The Labute approximate surface area is 124 Å². The first-order chi connectivity index (χ1) is 9.13. The number of hydrogen-bond donors (Lipinski definition) is 2. The monoisotopic (exact) mass is 303 g/mol. The van der Waals surface area contributed by atoms with E-state index in [1.807, 2.05) is 24.3 Å². The van der Waals surface area contributed by atoms with E-state index in [4.69, 9.17) is 16.3 Å². The van der Waals surface area contributed by atoms with Crippen molar-refractivity contribution in [1.82, 2.24) is 5.32 Å². The maximum Gasteiger partial charge on any atom is 0.0897 e. The second-order valence-corrected chi connectivity index (χ2v) is 5.84. The third-order valence-electron chi connectivity index (χ3n) is 2.64. The van der Waals surface area contributed by atoms with Gasteiger partial charge in [-0.05, 0) is 24.8 Å². The number of aliphatic hydroxyl groups excluding tert-OH is 1. The van der Waals surface area contributed by atoms with Crippen LogP contribution in [0.2, 0.25) is 5.02 Å². The highest BCUT2D eigenvalue weighted by Crippen LogP contribution is 2.15. The minimum absolute atomic E-state index is 0.310. The van der Waals surface area contributed by atoms with Crippen LogP contribution in [0.25, 0.3) is 0 Å². The molecule has 0 radical (unpaired) electrons. The Morgan fingerprint density at radius 2 is 2.16 bits per heavy atom. The van der Waals surface area contributed by atoms with Gasteiger partial charge in [-0.2, -0.15) is 11.8 Å². The van der Waals surface area contributed by atoms with Gasteiger partial charge in [-0.15, -0.1) is 0 Å². The van der Waals surface area contributed by atoms with Crippen molar-refractivity contribution in [2.75, 3.05) is 25.2 Å². The second kappa shape index (κ2) is 9.61. The molecule has 0 saturated heterocycles. The maximum absolute atomic E-state index is 9.79. The van der Waals surface area contributed by atoms with E-state index >= 15 is 0 Å². The molecule has 19 heavy (non-hydrogen) atoms. The average molecular weight is 304 g/mol. The van der Waals surface area contributed by atoms with Gasteiger partial charge in [0.15, 0.2) is 0 Å². The number of ether oxygens (including phenoxy) is 1. The quantitative estimate of drug-likeness (QED) is 0.736. The molecule has 0 saturated carbocycles. The molecule has 2 atom stereocenters. The van der Waals surface area contributed by atoms with E-state index in [0.717, 1.165) is 11.3 Å². The van der Waals surface area contributed by atoms with Crippen LogP contribution < -0.4 is 5.32 Å². The minimum Gasteiger partial charge on any atom is -0.389 e. The molecule has 1 rings (SSSR count). The number of halogens is 1. The molecule has 0 heterocycles. The molecule has 0 aliphatic carbocycles. The highest BCUT2D eigenvalue weighted by molar-refractivity contribution is 7.98. The van der Waals surface area contributed by atoms with Crippen LogP contribution in [0.1, 0.15) is 12.5 Å². The fourth-order valence-electron chi connectivity index (χ4n) is 1.63. The lowest BCUT2D eigenvalue weighted by Gasteiger charge is -2.16. The largest absolute Gasteiger partial charge is 0.389 e. The predicted molar refractivity (Wildman–Crippen MR) is 83.0 cm³/mol.